The zero-order chi connectivity index (χ0) is 19.1. The van der Waals surface area contributed by atoms with Crippen molar-refractivity contribution in [1.29, 1.82) is 21.0 Å². The fourth-order valence-corrected chi connectivity index (χ4v) is 4.53. The van der Waals surface area contributed by atoms with Crippen molar-refractivity contribution in [3.05, 3.63) is 22.8 Å². The van der Waals surface area contributed by atoms with Gasteiger partial charge in [0.1, 0.15) is 25.2 Å². The Morgan fingerprint density at radius 2 is 1.69 bits per heavy atom. The van der Waals surface area contributed by atoms with Gasteiger partial charge in [0.05, 0.1) is 28.9 Å². The van der Waals surface area contributed by atoms with Gasteiger partial charge in [0.15, 0.2) is 11.4 Å². The first-order valence-corrected chi connectivity index (χ1v) is 8.15. The fraction of sp³-hybridized carbons (Fsp3) is 0.500. The van der Waals surface area contributed by atoms with E-state index in [0.717, 1.165) is 0 Å². The minimum absolute atomic E-state index is 0.0388. The first kappa shape index (κ1) is 17.3. The summed E-state index contributed by atoms with van der Waals surface area (Å²) >= 11 is 0. The van der Waals surface area contributed by atoms with Gasteiger partial charge in [-0.15, -0.1) is 0 Å². The van der Waals surface area contributed by atoms with Gasteiger partial charge in [-0.2, -0.15) is 21.0 Å². The van der Waals surface area contributed by atoms with Gasteiger partial charge < -0.3 is 4.90 Å². The highest BCUT2D eigenvalue weighted by molar-refractivity contribution is 5.91. The molecule has 3 rings (SSSR count). The summed E-state index contributed by atoms with van der Waals surface area (Å²) < 4.78 is 0. The normalized spacial score (nSPS) is 23.8. The van der Waals surface area contributed by atoms with Crippen molar-refractivity contribution < 1.29 is 4.79 Å². The summed E-state index contributed by atoms with van der Waals surface area (Å²) in [6.45, 7) is 3.50. The van der Waals surface area contributed by atoms with Crippen molar-refractivity contribution in [2.45, 2.75) is 38.0 Å². The van der Waals surface area contributed by atoms with Gasteiger partial charge in [0.2, 0.25) is 5.91 Å². The monoisotopic (exact) mass is 345 g/mol. The third-order valence-electron chi connectivity index (χ3n) is 5.82. The van der Waals surface area contributed by atoms with E-state index in [1.165, 1.54) is 4.90 Å². The van der Waals surface area contributed by atoms with E-state index in [-0.39, 0.29) is 36.3 Å². The zero-order valence-electron chi connectivity index (χ0n) is 14.4. The quantitative estimate of drug-likeness (QED) is 0.750. The van der Waals surface area contributed by atoms with Crippen LogP contribution in [0, 0.1) is 50.7 Å². The van der Waals surface area contributed by atoms with E-state index in [1.807, 2.05) is 38.1 Å². The van der Waals surface area contributed by atoms with Crippen LogP contribution < -0.4 is 0 Å². The predicted octanol–water partition coefficient (Wildman–Crippen LogP) is 1.25. The molecular formula is C18H15N7O. The molecular weight excluding hydrogens is 330 g/mol. The molecule has 8 heteroatoms. The lowest BCUT2D eigenvalue weighted by atomic mass is 9.67. The van der Waals surface area contributed by atoms with E-state index in [2.05, 4.69) is 9.97 Å². The molecule has 8 nitrogen and oxygen atoms in total. The lowest BCUT2D eigenvalue weighted by molar-refractivity contribution is -0.139. The number of aromatic nitrogens is 2. The number of carbonyl (C=O) groups excluding carboxylic acids is 1. The minimum atomic E-state index is -1.05. The molecule has 2 atom stereocenters. The molecule has 26 heavy (non-hydrogen) atoms. The number of nitrogens with zero attached hydrogens (tertiary/aromatic N) is 7. The molecule has 0 saturated heterocycles. The maximum absolute atomic E-state index is 13.4. The summed E-state index contributed by atoms with van der Waals surface area (Å²) in [6.07, 6.45) is 1.21. The van der Waals surface area contributed by atoms with E-state index < -0.39 is 10.8 Å². The molecule has 1 amide bonds. The standard InChI is InChI=1S/C18H15N7O/c1-17(2)11-3-4-18(17,16(26)25(7-5-19)8-6-20)15-14(11)23-12(9-21)13(10-22)24-15/h11H,3-4,7-8H2,1-2H3. The Balaban J connectivity index is 2.24. The van der Waals surface area contributed by atoms with E-state index in [1.54, 1.807) is 0 Å². The van der Waals surface area contributed by atoms with Crippen molar-refractivity contribution >= 4 is 5.91 Å². The van der Waals surface area contributed by atoms with Crippen LogP contribution in [0.1, 0.15) is 55.4 Å². The number of nitriles is 4. The Morgan fingerprint density at radius 3 is 2.23 bits per heavy atom. The van der Waals surface area contributed by atoms with Gasteiger partial charge in [-0.25, -0.2) is 9.97 Å². The summed E-state index contributed by atoms with van der Waals surface area (Å²) in [5.41, 5.74) is -0.736. The smallest absolute Gasteiger partial charge is 0.237 e. The van der Waals surface area contributed by atoms with Crippen LogP contribution in [0.15, 0.2) is 0 Å². The van der Waals surface area contributed by atoms with Gasteiger partial charge in [0.25, 0.3) is 0 Å². The highest BCUT2D eigenvalue weighted by Gasteiger charge is 2.68. The third kappa shape index (κ3) is 1.94. The van der Waals surface area contributed by atoms with Crippen LogP contribution in [0.3, 0.4) is 0 Å². The number of hydrogen-bond acceptors (Lipinski definition) is 7. The molecule has 128 valence electrons. The van der Waals surface area contributed by atoms with E-state index >= 15 is 0 Å². The molecule has 2 unspecified atom stereocenters. The lowest BCUT2D eigenvalue weighted by Gasteiger charge is -2.39. The van der Waals surface area contributed by atoms with Crippen LogP contribution >= 0.6 is 0 Å². The number of fused-ring (bicyclic) bond motifs is 5. The van der Waals surface area contributed by atoms with Crippen LogP contribution in [0.2, 0.25) is 0 Å². The van der Waals surface area contributed by atoms with E-state index in [4.69, 9.17) is 10.5 Å². The predicted molar refractivity (Wildman–Crippen MR) is 86.7 cm³/mol. The van der Waals surface area contributed by atoms with Gasteiger partial charge in [0, 0.05) is 5.92 Å². The van der Waals surface area contributed by atoms with Crippen LogP contribution in [-0.4, -0.2) is 33.9 Å². The van der Waals surface area contributed by atoms with E-state index in [9.17, 15) is 15.3 Å². The van der Waals surface area contributed by atoms with Gasteiger partial charge in [-0.3, -0.25) is 4.79 Å². The second-order valence-electron chi connectivity index (χ2n) is 7.07. The highest BCUT2D eigenvalue weighted by atomic mass is 16.2. The third-order valence-corrected chi connectivity index (χ3v) is 5.82. The van der Waals surface area contributed by atoms with Crippen molar-refractivity contribution in [1.82, 2.24) is 14.9 Å². The largest absolute Gasteiger partial charge is 0.315 e. The Hall–Kier alpha value is -3.49. The van der Waals surface area contributed by atoms with Crippen LogP contribution in [0.4, 0.5) is 0 Å². The summed E-state index contributed by atoms with van der Waals surface area (Å²) in [4.78, 5) is 23.4. The molecule has 2 bridgehead atoms. The summed E-state index contributed by atoms with van der Waals surface area (Å²) in [7, 11) is 0. The molecule has 1 fully saturated rings. The molecule has 0 radical (unpaired) electrons. The number of carbonyl (C=O) groups is 1. The first-order chi connectivity index (χ1) is 12.4. The summed E-state index contributed by atoms with van der Waals surface area (Å²) in [5, 5.41) is 36.6. The molecule has 1 heterocycles. The maximum Gasteiger partial charge on any atom is 0.237 e. The van der Waals surface area contributed by atoms with Crippen molar-refractivity contribution in [2.75, 3.05) is 13.1 Å². The molecule has 1 aromatic heterocycles. The average Bonchev–Trinajstić information content (AvgIpc) is 3.01. The molecule has 2 aliphatic carbocycles. The Kier molecular flexibility index (Phi) is 3.87. The zero-order valence-corrected chi connectivity index (χ0v) is 14.4. The molecule has 0 aliphatic heterocycles. The maximum atomic E-state index is 13.4. The van der Waals surface area contributed by atoms with Gasteiger partial charge in [-0.1, -0.05) is 13.8 Å². The molecule has 2 aliphatic rings. The minimum Gasteiger partial charge on any atom is -0.315 e. The first-order valence-electron chi connectivity index (χ1n) is 8.15. The average molecular weight is 345 g/mol. The van der Waals surface area contributed by atoms with Crippen LogP contribution in [-0.2, 0) is 10.2 Å². The molecule has 1 saturated carbocycles. The SMILES string of the molecule is CC1(C)C2CCC1(C(=O)N(CC#N)CC#N)c1nc(C#N)c(C#N)nc12. The highest BCUT2D eigenvalue weighted by Crippen LogP contribution is 2.67. The molecule has 0 aromatic carbocycles. The molecule has 0 spiro atoms. The van der Waals surface area contributed by atoms with Crippen LogP contribution in [0.25, 0.3) is 0 Å². The Labute approximate surface area is 150 Å². The second-order valence-corrected chi connectivity index (χ2v) is 7.07. The molecule has 0 N–H and O–H groups in total. The topological polar surface area (TPSA) is 141 Å². The van der Waals surface area contributed by atoms with E-state index in [0.29, 0.717) is 24.2 Å². The fourth-order valence-electron chi connectivity index (χ4n) is 4.53. The lowest BCUT2D eigenvalue weighted by Crippen LogP contribution is -2.52. The number of amides is 1. The Morgan fingerprint density at radius 1 is 1.12 bits per heavy atom. The second kappa shape index (κ2) is 5.80. The van der Waals surface area contributed by atoms with Crippen molar-refractivity contribution in [2.24, 2.45) is 5.41 Å². The van der Waals surface area contributed by atoms with Crippen molar-refractivity contribution in [3.63, 3.8) is 0 Å². The van der Waals surface area contributed by atoms with Gasteiger partial charge in [-0.05, 0) is 18.3 Å². The number of rotatable bonds is 3. The summed E-state index contributed by atoms with van der Waals surface area (Å²) in [6, 6.07) is 7.62. The molecule has 1 aromatic rings. The number of hydrogen-bond donors (Lipinski definition) is 0. The van der Waals surface area contributed by atoms with Crippen LogP contribution in [0.5, 0.6) is 0 Å². The van der Waals surface area contributed by atoms with Crippen molar-refractivity contribution in [3.8, 4) is 24.3 Å². The summed E-state index contributed by atoms with van der Waals surface area (Å²) in [5.74, 6) is -0.408. The Bertz CT molecular complexity index is 953. The van der Waals surface area contributed by atoms with Gasteiger partial charge >= 0.3 is 0 Å².